The minimum Gasteiger partial charge on any atom is -0.494 e. The Morgan fingerprint density at radius 3 is 2.81 bits per heavy atom. The Hall–Kier alpha value is -1.26. The molecule has 116 valence electrons. The Balaban J connectivity index is 2.11. The van der Waals surface area contributed by atoms with E-state index in [-0.39, 0.29) is 0 Å². The van der Waals surface area contributed by atoms with Gasteiger partial charge in [-0.15, -0.1) is 11.6 Å². The van der Waals surface area contributed by atoms with Crippen LogP contribution in [0.5, 0.6) is 5.75 Å². The maximum absolute atomic E-state index is 6.03. The highest BCUT2D eigenvalue weighted by Gasteiger charge is 2.13. The highest BCUT2D eigenvalue weighted by atomic mass is 35.5. The number of alkyl halides is 1. The van der Waals surface area contributed by atoms with Crippen LogP contribution in [0.3, 0.4) is 0 Å². The number of ether oxygens (including phenoxy) is 2. The predicted octanol–water partition coefficient (Wildman–Crippen LogP) is 3.85. The molecule has 0 N–H and O–H groups in total. The van der Waals surface area contributed by atoms with Gasteiger partial charge in [-0.2, -0.15) is 0 Å². The molecule has 0 aliphatic rings. The summed E-state index contributed by atoms with van der Waals surface area (Å²) in [5, 5.41) is 0. The van der Waals surface area contributed by atoms with Crippen molar-refractivity contribution in [2.24, 2.45) is 5.92 Å². The Kier molecular flexibility index (Phi) is 5.88. The number of rotatable bonds is 8. The fourth-order valence-corrected chi connectivity index (χ4v) is 2.53. The van der Waals surface area contributed by atoms with E-state index in [1.807, 2.05) is 12.1 Å². The zero-order valence-corrected chi connectivity index (χ0v) is 13.7. The average Bonchev–Trinajstić information content (AvgIpc) is 2.84. The summed E-state index contributed by atoms with van der Waals surface area (Å²) < 4.78 is 13.2. The molecule has 1 heterocycles. The second-order valence-electron chi connectivity index (χ2n) is 5.46. The minimum absolute atomic E-state index is 0.394. The zero-order chi connectivity index (χ0) is 15.2. The normalized spacial score (nSPS) is 11.5. The number of fused-ring (bicyclic) bond motifs is 1. The molecule has 0 aliphatic heterocycles. The molecule has 0 bridgehead atoms. The summed E-state index contributed by atoms with van der Waals surface area (Å²) >= 11 is 6.03. The van der Waals surface area contributed by atoms with E-state index < -0.39 is 0 Å². The van der Waals surface area contributed by atoms with Gasteiger partial charge in [-0.05, 0) is 24.5 Å². The molecule has 4 nitrogen and oxygen atoms in total. The van der Waals surface area contributed by atoms with Crippen LogP contribution in [0, 0.1) is 5.92 Å². The van der Waals surface area contributed by atoms with E-state index in [2.05, 4.69) is 29.5 Å². The van der Waals surface area contributed by atoms with Crippen LogP contribution in [0.4, 0.5) is 0 Å². The molecule has 0 amide bonds. The number of hydrogen-bond acceptors (Lipinski definition) is 3. The van der Waals surface area contributed by atoms with Crippen LogP contribution < -0.4 is 4.74 Å². The lowest BCUT2D eigenvalue weighted by Gasteiger charge is -2.09. The van der Waals surface area contributed by atoms with Gasteiger partial charge in [-0.25, -0.2) is 4.98 Å². The number of methoxy groups -OCH3 is 1. The van der Waals surface area contributed by atoms with Gasteiger partial charge in [0.25, 0.3) is 0 Å². The second kappa shape index (κ2) is 7.66. The molecule has 1 aromatic carbocycles. The molecule has 0 fully saturated rings. The molecule has 0 saturated heterocycles. The molecule has 0 aliphatic carbocycles. The van der Waals surface area contributed by atoms with E-state index in [0.29, 0.717) is 11.8 Å². The summed E-state index contributed by atoms with van der Waals surface area (Å²) in [4.78, 5) is 4.59. The molecule has 0 radical (unpaired) electrons. The molecule has 5 heteroatoms. The summed E-state index contributed by atoms with van der Waals surface area (Å²) in [6.07, 6.45) is 0.944. The first-order valence-corrected chi connectivity index (χ1v) is 7.86. The number of para-hydroxylation sites is 1. The second-order valence-corrected chi connectivity index (χ2v) is 5.73. The lowest BCUT2D eigenvalue weighted by atomic mass is 10.2. The van der Waals surface area contributed by atoms with Crippen LogP contribution in [0.15, 0.2) is 18.2 Å². The fraction of sp³-hybridized carbons (Fsp3) is 0.562. The number of halogens is 1. The first-order valence-electron chi connectivity index (χ1n) is 7.33. The molecule has 2 rings (SSSR count). The third kappa shape index (κ3) is 3.89. The van der Waals surface area contributed by atoms with E-state index >= 15 is 0 Å². The van der Waals surface area contributed by atoms with Crippen LogP contribution in [0.2, 0.25) is 0 Å². The highest BCUT2D eigenvalue weighted by molar-refractivity contribution is 6.16. The van der Waals surface area contributed by atoms with E-state index in [9.17, 15) is 0 Å². The highest BCUT2D eigenvalue weighted by Crippen LogP contribution is 2.26. The molecule has 1 aromatic heterocycles. The van der Waals surface area contributed by atoms with E-state index in [1.165, 1.54) is 0 Å². The topological polar surface area (TPSA) is 36.3 Å². The molecule has 21 heavy (non-hydrogen) atoms. The molecule has 2 aromatic rings. The molecule has 0 spiro atoms. The van der Waals surface area contributed by atoms with Crippen LogP contribution in [-0.4, -0.2) is 29.9 Å². The van der Waals surface area contributed by atoms with Gasteiger partial charge >= 0.3 is 0 Å². The zero-order valence-electron chi connectivity index (χ0n) is 12.9. The van der Waals surface area contributed by atoms with E-state index in [1.54, 1.807) is 7.11 Å². The summed E-state index contributed by atoms with van der Waals surface area (Å²) in [7, 11) is 1.66. The van der Waals surface area contributed by atoms with Crippen molar-refractivity contribution in [3.63, 3.8) is 0 Å². The van der Waals surface area contributed by atoms with Gasteiger partial charge in [0.1, 0.15) is 17.1 Å². The molecular weight excluding hydrogens is 288 g/mol. The predicted molar refractivity (Wildman–Crippen MR) is 86.1 cm³/mol. The van der Waals surface area contributed by atoms with Gasteiger partial charge in [0.05, 0.1) is 18.5 Å². The van der Waals surface area contributed by atoms with Crippen molar-refractivity contribution >= 4 is 22.6 Å². The van der Waals surface area contributed by atoms with Crippen LogP contribution in [0.1, 0.15) is 26.1 Å². The Morgan fingerprint density at radius 1 is 1.33 bits per heavy atom. The van der Waals surface area contributed by atoms with E-state index in [0.717, 1.165) is 48.8 Å². The maximum Gasteiger partial charge on any atom is 0.146 e. The van der Waals surface area contributed by atoms with Crippen molar-refractivity contribution in [3.8, 4) is 5.75 Å². The Bertz CT molecular complexity index is 581. The summed E-state index contributed by atoms with van der Waals surface area (Å²) in [6.45, 7) is 6.72. The molecule has 0 saturated carbocycles. The van der Waals surface area contributed by atoms with Crippen LogP contribution in [0.25, 0.3) is 11.0 Å². The molecular formula is C16H23ClN2O2. The summed E-state index contributed by atoms with van der Waals surface area (Å²) in [6, 6.07) is 5.95. The first-order chi connectivity index (χ1) is 10.2. The van der Waals surface area contributed by atoms with Gasteiger partial charge in [0.2, 0.25) is 0 Å². The van der Waals surface area contributed by atoms with Gasteiger partial charge in [-0.1, -0.05) is 19.9 Å². The summed E-state index contributed by atoms with van der Waals surface area (Å²) in [5.41, 5.74) is 1.94. The lowest BCUT2D eigenvalue weighted by molar-refractivity contribution is 0.105. The average molecular weight is 311 g/mol. The van der Waals surface area contributed by atoms with Crippen molar-refractivity contribution in [1.82, 2.24) is 9.55 Å². The molecule has 0 unspecified atom stereocenters. The Morgan fingerprint density at radius 2 is 2.14 bits per heavy atom. The first kappa shape index (κ1) is 16.1. The number of aryl methyl sites for hydroxylation is 1. The van der Waals surface area contributed by atoms with Gasteiger partial charge in [0.15, 0.2) is 0 Å². The smallest absolute Gasteiger partial charge is 0.146 e. The van der Waals surface area contributed by atoms with Gasteiger partial charge < -0.3 is 14.0 Å². The van der Waals surface area contributed by atoms with Crippen molar-refractivity contribution in [1.29, 1.82) is 0 Å². The monoisotopic (exact) mass is 310 g/mol. The number of imidazole rings is 1. The quantitative estimate of drug-likeness (QED) is 0.549. The summed E-state index contributed by atoms with van der Waals surface area (Å²) in [5.74, 6) is 2.63. The van der Waals surface area contributed by atoms with Crippen LogP contribution >= 0.6 is 11.6 Å². The van der Waals surface area contributed by atoms with Crippen molar-refractivity contribution in [2.75, 3.05) is 20.3 Å². The standard InChI is InChI=1S/C16H23ClN2O2/c1-12(2)11-21-9-5-8-19-13-6-4-7-14(20-3)16(13)18-15(19)10-17/h4,6-7,12H,5,8-11H2,1-3H3. The SMILES string of the molecule is COc1cccc2c1nc(CCl)n2CCCOCC(C)C. The van der Waals surface area contributed by atoms with Gasteiger partial charge in [-0.3, -0.25) is 0 Å². The van der Waals surface area contributed by atoms with E-state index in [4.69, 9.17) is 21.1 Å². The number of aromatic nitrogens is 2. The molecule has 0 atom stereocenters. The van der Waals surface area contributed by atoms with Crippen molar-refractivity contribution in [2.45, 2.75) is 32.7 Å². The third-order valence-corrected chi connectivity index (χ3v) is 3.52. The van der Waals surface area contributed by atoms with Crippen LogP contribution in [-0.2, 0) is 17.2 Å². The fourth-order valence-electron chi connectivity index (χ4n) is 2.33. The lowest BCUT2D eigenvalue weighted by Crippen LogP contribution is -2.08. The number of benzene rings is 1. The van der Waals surface area contributed by atoms with Crippen molar-refractivity contribution < 1.29 is 9.47 Å². The van der Waals surface area contributed by atoms with Crippen molar-refractivity contribution in [3.05, 3.63) is 24.0 Å². The largest absolute Gasteiger partial charge is 0.494 e. The Labute approximate surface area is 131 Å². The minimum atomic E-state index is 0.394. The maximum atomic E-state index is 6.03. The van der Waals surface area contributed by atoms with Gasteiger partial charge in [0, 0.05) is 19.8 Å². The number of hydrogen-bond donors (Lipinski definition) is 0. The third-order valence-electron chi connectivity index (χ3n) is 3.28. The number of nitrogens with zero attached hydrogens (tertiary/aromatic N) is 2.